The van der Waals surface area contributed by atoms with Gasteiger partial charge in [0, 0.05) is 12.6 Å². The maximum Gasteiger partial charge on any atom is 0.354 e. The normalized spacial score (nSPS) is 8.93. The molecule has 3 N–H and O–H groups in total. The number of ether oxygens (including phenoxy) is 1. The average molecular weight is 219 g/mol. The highest BCUT2D eigenvalue weighted by atomic mass is 35.5. The number of aromatic nitrogens is 1. The van der Waals surface area contributed by atoms with Gasteiger partial charge >= 0.3 is 5.97 Å². The summed E-state index contributed by atoms with van der Waals surface area (Å²) in [5, 5.41) is 8.59. The summed E-state index contributed by atoms with van der Waals surface area (Å²) in [5.41, 5.74) is 5.17. The van der Waals surface area contributed by atoms with Crippen LogP contribution in [-0.2, 0) is 0 Å². The van der Waals surface area contributed by atoms with E-state index in [1.165, 1.54) is 6.07 Å². The Balaban J connectivity index is 0.00000169. The maximum absolute atomic E-state index is 10.5. The second-order valence-corrected chi connectivity index (χ2v) is 2.30. The lowest BCUT2D eigenvalue weighted by molar-refractivity contribution is 0.0689. The van der Waals surface area contributed by atoms with E-state index in [2.05, 4.69) is 4.98 Å². The molecule has 1 aromatic heterocycles. The van der Waals surface area contributed by atoms with Gasteiger partial charge in [-0.1, -0.05) is 6.07 Å². The van der Waals surface area contributed by atoms with Gasteiger partial charge in [-0.25, -0.2) is 9.78 Å². The van der Waals surface area contributed by atoms with Crippen molar-refractivity contribution in [2.45, 2.75) is 0 Å². The van der Waals surface area contributed by atoms with E-state index in [0.717, 1.165) is 0 Å². The molecule has 0 fully saturated rings. The van der Waals surface area contributed by atoms with E-state index in [9.17, 15) is 4.79 Å². The molecule has 14 heavy (non-hydrogen) atoms. The van der Waals surface area contributed by atoms with Gasteiger partial charge in [0.1, 0.15) is 6.61 Å². The lowest BCUT2D eigenvalue weighted by atomic mass is 10.3. The Labute approximate surface area is 87.3 Å². The first-order valence-electron chi connectivity index (χ1n) is 3.77. The van der Waals surface area contributed by atoms with Crippen LogP contribution in [0.2, 0.25) is 0 Å². The lowest BCUT2D eigenvalue weighted by Gasteiger charge is -2.02. The highest BCUT2D eigenvalue weighted by molar-refractivity contribution is 5.85. The summed E-state index contributed by atoms with van der Waals surface area (Å²) in [6, 6.07) is 4.56. The Bertz CT molecular complexity index is 306. The van der Waals surface area contributed by atoms with Gasteiger partial charge in [0.05, 0.1) is 0 Å². The molecule has 0 bridgehead atoms. The third-order valence-corrected chi connectivity index (χ3v) is 1.31. The van der Waals surface area contributed by atoms with Crippen LogP contribution >= 0.6 is 12.4 Å². The summed E-state index contributed by atoms with van der Waals surface area (Å²) >= 11 is 0. The monoisotopic (exact) mass is 218 g/mol. The minimum absolute atomic E-state index is 0. The molecule has 0 amide bonds. The number of hydrogen-bond donors (Lipinski definition) is 2. The zero-order chi connectivity index (χ0) is 9.68. The van der Waals surface area contributed by atoms with Crippen molar-refractivity contribution in [1.29, 1.82) is 0 Å². The molecule has 0 saturated carbocycles. The Morgan fingerprint density at radius 3 is 2.86 bits per heavy atom. The third-order valence-electron chi connectivity index (χ3n) is 1.31. The molecule has 0 saturated heterocycles. The Morgan fingerprint density at radius 2 is 2.29 bits per heavy atom. The summed E-state index contributed by atoms with van der Waals surface area (Å²) in [6.45, 7) is 0.703. The van der Waals surface area contributed by atoms with E-state index in [0.29, 0.717) is 13.2 Å². The fourth-order valence-corrected chi connectivity index (χ4v) is 0.778. The molecule has 78 valence electrons. The fraction of sp³-hybridized carbons (Fsp3) is 0.250. The smallest absolute Gasteiger partial charge is 0.354 e. The molecule has 1 rings (SSSR count). The predicted molar refractivity (Wildman–Crippen MR) is 53.0 cm³/mol. The van der Waals surface area contributed by atoms with Gasteiger partial charge in [0.15, 0.2) is 5.69 Å². The van der Waals surface area contributed by atoms with Gasteiger partial charge in [-0.2, -0.15) is 0 Å². The van der Waals surface area contributed by atoms with E-state index in [1.54, 1.807) is 12.1 Å². The summed E-state index contributed by atoms with van der Waals surface area (Å²) < 4.78 is 5.05. The van der Waals surface area contributed by atoms with E-state index in [4.69, 9.17) is 15.6 Å². The first kappa shape index (κ1) is 12.7. The first-order valence-corrected chi connectivity index (χ1v) is 3.77. The predicted octanol–water partition coefficient (Wildman–Crippen LogP) is 0.539. The number of carbonyl (C=O) groups is 1. The second kappa shape index (κ2) is 6.17. The van der Waals surface area contributed by atoms with E-state index in [1.807, 2.05) is 0 Å². The van der Waals surface area contributed by atoms with E-state index in [-0.39, 0.29) is 24.0 Å². The summed E-state index contributed by atoms with van der Waals surface area (Å²) in [5.74, 6) is -0.788. The molecule has 0 atom stereocenters. The van der Waals surface area contributed by atoms with Gasteiger partial charge in [-0.05, 0) is 6.07 Å². The Morgan fingerprint density at radius 1 is 1.57 bits per heavy atom. The molecule has 1 aromatic rings. The standard InChI is InChI=1S/C8H10N2O3.ClH/c9-4-5-13-7-3-1-2-6(10-7)8(11)12;/h1-3H,4-5,9H2,(H,11,12);1H. The number of nitrogens with two attached hydrogens (primary N) is 1. The van der Waals surface area contributed by atoms with E-state index >= 15 is 0 Å². The van der Waals surface area contributed by atoms with Crippen LogP contribution in [0.3, 0.4) is 0 Å². The van der Waals surface area contributed by atoms with Crippen molar-refractivity contribution in [2.75, 3.05) is 13.2 Å². The number of rotatable bonds is 4. The van der Waals surface area contributed by atoms with Crippen LogP contribution in [0, 0.1) is 0 Å². The number of pyridine rings is 1. The van der Waals surface area contributed by atoms with Gasteiger partial charge in [-0.3, -0.25) is 0 Å². The molecular weight excluding hydrogens is 208 g/mol. The van der Waals surface area contributed by atoms with E-state index < -0.39 is 5.97 Å². The third kappa shape index (κ3) is 3.59. The highest BCUT2D eigenvalue weighted by Gasteiger charge is 2.04. The van der Waals surface area contributed by atoms with Crippen LogP contribution in [-0.4, -0.2) is 29.2 Å². The number of carboxylic acids is 1. The molecule has 0 spiro atoms. The number of halogens is 1. The van der Waals surface area contributed by atoms with Crippen LogP contribution in [0.25, 0.3) is 0 Å². The Hall–Kier alpha value is -1.33. The largest absolute Gasteiger partial charge is 0.477 e. The summed E-state index contributed by atoms with van der Waals surface area (Å²) in [4.78, 5) is 14.2. The van der Waals surface area contributed by atoms with Crippen LogP contribution < -0.4 is 10.5 Å². The molecule has 6 heteroatoms. The highest BCUT2D eigenvalue weighted by Crippen LogP contribution is 2.06. The molecule has 0 unspecified atom stereocenters. The second-order valence-electron chi connectivity index (χ2n) is 2.30. The van der Waals surface area contributed by atoms with Gasteiger partial charge in [0.25, 0.3) is 0 Å². The van der Waals surface area contributed by atoms with Crippen molar-refractivity contribution in [3.8, 4) is 5.88 Å². The minimum Gasteiger partial charge on any atom is -0.477 e. The Kier molecular flexibility index (Phi) is 5.59. The van der Waals surface area contributed by atoms with Crippen LogP contribution in [0.1, 0.15) is 10.5 Å². The topological polar surface area (TPSA) is 85.4 Å². The molecule has 0 aliphatic rings. The summed E-state index contributed by atoms with van der Waals surface area (Å²) in [7, 11) is 0. The minimum atomic E-state index is -1.07. The molecule has 0 radical (unpaired) electrons. The SMILES string of the molecule is Cl.NCCOc1cccc(C(=O)O)n1. The van der Waals surface area contributed by atoms with Crippen molar-refractivity contribution >= 4 is 18.4 Å². The molecule has 1 heterocycles. The summed E-state index contributed by atoms with van der Waals surface area (Å²) in [6.07, 6.45) is 0. The van der Waals surface area contributed by atoms with Crippen molar-refractivity contribution in [3.63, 3.8) is 0 Å². The molecule has 0 aliphatic heterocycles. The van der Waals surface area contributed by atoms with Gasteiger partial charge in [0.2, 0.25) is 5.88 Å². The van der Waals surface area contributed by atoms with Crippen molar-refractivity contribution < 1.29 is 14.6 Å². The maximum atomic E-state index is 10.5. The number of aromatic carboxylic acids is 1. The van der Waals surface area contributed by atoms with Crippen molar-refractivity contribution in [1.82, 2.24) is 4.98 Å². The number of nitrogens with zero attached hydrogens (tertiary/aromatic N) is 1. The zero-order valence-corrected chi connectivity index (χ0v) is 8.16. The molecule has 5 nitrogen and oxygen atoms in total. The quantitative estimate of drug-likeness (QED) is 0.771. The van der Waals surface area contributed by atoms with Crippen molar-refractivity contribution in [2.24, 2.45) is 5.73 Å². The molecule has 0 aromatic carbocycles. The first-order chi connectivity index (χ1) is 6.24. The van der Waals surface area contributed by atoms with Crippen LogP contribution in [0.15, 0.2) is 18.2 Å². The van der Waals surface area contributed by atoms with Gasteiger partial charge in [-0.15, -0.1) is 12.4 Å². The average Bonchev–Trinajstić information content (AvgIpc) is 2.15. The fourth-order valence-electron chi connectivity index (χ4n) is 0.778. The lowest BCUT2D eigenvalue weighted by Crippen LogP contribution is -2.12. The molecule has 0 aliphatic carbocycles. The molecular formula is C8H11ClN2O3. The zero-order valence-electron chi connectivity index (χ0n) is 7.34. The van der Waals surface area contributed by atoms with Crippen LogP contribution in [0.4, 0.5) is 0 Å². The number of hydrogen-bond acceptors (Lipinski definition) is 4. The van der Waals surface area contributed by atoms with Crippen molar-refractivity contribution in [3.05, 3.63) is 23.9 Å². The van der Waals surface area contributed by atoms with Gasteiger partial charge < -0.3 is 15.6 Å². The van der Waals surface area contributed by atoms with Crippen LogP contribution in [0.5, 0.6) is 5.88 Å². The number of carboxylic acid groups (broad SMARTS) is 1.